The topological polar surface area (TPSA) is 32.3 Å². The highest BCUT2D eigenvalue weighted by Crippen LogP contribution is 2.22. The first-order valence-electron chi connectivity index (χ1n) is 6.82. The van der Waals surface area contributed by atoms with Crippen LogP contribution in [0.1, 0.15) is 37.8 Å². The standard InChI is InChI=1S/C15H21ClN2O/c1-11(12-4-3-5-13(16)10-12)18(2)15(19)8-9-17-14-6-7-14/h3-5,10-11,14,17H,6-9H2,1-2H3. The largest absolute Gasteiger partial charge is 0.339 e. The zero-order valence-electron chi connectivity index (χ0n) is 11.5. The Labute approximate surface area is 119 Å². The fourth-order valence-corrected chi connectivity index (χ4v) is 2.25. The predicted octanol–water partition coefficient (Wildman–Crippen LogP) is 3.00. The summed E-state index contributed by atoms with van der Waals surface area (Å²) in [7, 11) is 1.85. The highest BCUT2D eigenvalue weighted by atomic mass is 35.5. The molecule has 104 valence electrons. The van der Waals surface area contributed by atoms with Crippen LogP contribution in [0, 0.1) is 0 Å². The molecule has 1 amide bonds. The van der Waals surface area contributed by atoms with Crippen molar-refractivity contribution in [2.24, 2.45) is 0 Å². The Morgan fingerprint density at radius 3 is 2.89 bits per heavy atom. The van der Waals surface area contributed by atoms with Gasteiger partial charge < -0.3 is 10.2 Å². The average molecular weight is 281 g/mol. The molecule has 1 aromatic rings. The summed E-state index contributed by atoms with van der Waals surface area (Å²) in [5.41, 5.74) is 1.07. The number of carbonyl (C=O) groups is 1. The van der Waals surface area contributed by atoms with E-state index in [1.807, 2.05) is 38.2 Å². The lowest BCUT2D eigenvalue weighted by Crippen LogP contribution is -2.32. The SMILES string of the molecule is CC(c1cccc(Cl)c1)N(C)C(=O)CCNC1CC1. The Hall–Kier alpha value is -1.06. The molecule has 0 heterocycles. The zero-order valence-corrected chi connectivity index (χ0v) is 12.3. The molecule has 1 unspecified atom stereocenters. The zero-order chi connectivity index (χ0) is 13.8. The molecule has 0 aliphatic heterocycles. The Bertz CT molecular complexity index is 446. The summed E-state index contributed by atoms with van der Waals surface area (Å²) in [6.45, 7) is 2.80. The maximum atomic E-state index is 12.1. The van der Waals surface area contributed by atoms with Crippen molar-refractivity contribution in [1.82, 2.24) is 10.2 Å². The highest BCUT2D eigenvalue weighted by molar-refractivity contribution is 6.30. The highest BCUT2D eigenvalue weighted by Gasteiger charge is 2.21. The summed E-state index contributed by atoms with van der Waals surface area (Å²) < 4.78 is 0. The van der Waals surface area contributed by atoms with Crippen molar-refractivity contribution < 1.29 is 4.79 Å². The fourth-order valence-electron chi connectivity index (χ4n) is 2.05. The van der Waals surface area contributed by atoms with Crippen LogP contribution >= 0.6 is 11.6 Å². The molecule has 1 fully saturated rings. The lowest BCUT2D eigenvalue weighted by molar-refractivity contribution is -0.131. The second kappa shape index (κ2) is 6.40. The van der Waals surface area contributed by atoms with Gasteiger partial charge in [0.25, 0.3) is 0 Å². The van der Waals surface area contributed by atoms with Crippen LogP contribution in [-0.2, 0) is 4.79 Å². The number of nitrogens with one attached hydrogen (secondary N) is 1. The van der Waals surface area contributed by atoms with Gasteiger partial charge in [0.1, 0.15) is 0 Å². The van der Waals surface area contributed by atoms with Gasteiger partial charge in [-0.25, -0.2) is 0 Å². The maximum absolute atomic E-state index is 12.1. The summed E-state index contributed by atoms with van der Waals surface area (Å²) in [5.74, 6) is 0.167. The molecule has 1 saturated carbocycles. The molecule has 1 aromatic carbocycles. The van der Waals surface area contributed by atoms with Gasteiger partial charge in [-0.1, -0.05) is 23.7 Å². The minimum atomic E-state index is 0.0483. The van der Waals surface area contributed by atoms with Gasteiger partial charge in [-0.3, -0.25) is 4.79 Å². The van der Waals surface area contributed by atoms with E-state index in [0.717, 1.165) is 12.1 Å². The molecule has 1 aliphatic carbocycles. The summed E-state index contributed by atoms with van der Waals surface area (Å²) in [6.07, 6.45) is 3.06. The Balaban J connectivity index is 1.86. The van der Waals surface area contributed by atoms with Crippen LogP contribution in [-0.4, -0.2) is 30.4 Å². The van der Waals surface area contributed by atoms with Gasteiger partial charge in [0.05, 0.1) is 6.04 Å². The van der Waals surface area contributed by atoms with Crippen molar-refractivity contribution in [1.29, 1.82) is 0 Å². The molecule has 4 heteroatoms. The number of nitrogens with zero attached hydrogens (tertiary/aromatic N) is 1. The lowest BCUT2D eigenvalue weighted by atomic mass is 10.1. The van der Waals surface area contributed by atoms with E-state index in [-0.39, 0.29) is 11.9 Å². The van der Waals surface area contributed by atoms with Gasteiger partial charge in [-0.15, -0.1) is 0 Å². The van der Waals surface area contributed by atoms with E-state index in [1.165, 1.54) is 12.8 Å². The fraction of sp³-hybridized carbons (Fsp3) is 0.533. The molecule has 2 rings (SSSR count). The van der Waals surface area contributed by atoms with Crippen molar-refractivity contribution in [3.63, 3.8) is 0 Å². The van der Waals surface area contributed by atoms with Crippen LogP contribution in [0.25, 0.3) is 0 Å². The smallest absolute Gasteiger partial charge is 0.224 e. The molecule has 0 bridgehead atoms. The number of hydrogen-bond acceptors (Lipinski definition) is 2. The van der Waals surface area contributed by atoms with E-state index in [1.54, 1.807) is 4.90 Å². The number of amides is 1. The van der Waals surface area contributed by atoms with E-state index in [9.17, 15) is 4.79 Å². The molecule has 0 aromatic heterocycles. The van der Waals surface area contributed by atoms with Gasteiger partial charge in [-0.05, 0) is 37.5 Å². The van der Waals surface area contributed by atoms with Crippen LogP contribution in [0.15, 0.2) is 24.3 Å². The number of rotatable bonds is 6. The van der Waals surface area contributed by atoms with Gasteiger partial charge >= 0.3 is 0 Å². The first kappa shape index (κ1) is 14.4. The minimum absolute atomic E-state index is 0.0483. The summed E-state index contributed by atoms with van der Waals surface area (Å²) in [5, 5.41) is 4.07. The molecule has 1 aliphatic rings. The molecular formula is C15H21ClN2O. The Kier molecular flexibility index (Phi) is 4.83. The van der Waals surface area contributed by atoms with Gasteiger partial charge in [-0.2, -0.15) is 0 Å². The first-order chi connectivity index (χ1) is 9.08. The molecule has 0 saturated heterocycles. The molecule has 1 N–H and O–H groups in total. The minimum Gasteiger partial charge on any atom is -0.339 e. The summed E-state index contributed by atoms with van der Waals surface area (Å²) in [4.78, 5) is 13.9. The number of carbonyl (C=O) groups excluding carboxylic acids is 1. The average Bonchev–Trinajstić information content (AvgIpc) is 3.21. The van der Waals surface area contributed by atoms with Crippen molar-refractivity contribution in [3.8, 4) is 0 Å². The number of halogens is 1. The van der Waals surface area contributed by atoms with Crippen molar-refractivity contribution >= 4 is 17.5 Å². The van der Waals surface area contributed by atoms with Gasteiger partial charge in [0.15, 0.2) is 0 Å². The normalized spacial score (nSPS) is 16.2. The van der Waals surface area contributed by atoms with Gasteiger partial charge in [0.2, 0.25) is 5.91 Å². The van der Waals surface area contributed by atoms with E-state index >= 15 is 0 Å². The van der Waals surface area contributed by atoms with Crippen LogP contribution < -0.4 is 5.32 Å². The van der Waals surface area contributed by atoms with Crippen molar-refractivity contribution in [2.45, 2.75) is 38.3 Å². The van der Waals surface area contributed by atoms with Gasteiger partial charge in [0, 0.05) is 31.1 Å². The molecule has 1 atom stereocenters. The third-order valence-electron chi connectivity index (χ3n) is 3.65. The third-order valence-corrected chi connectivity index (χ3v) is 3.89. The second-order valence-electron chi connectivity index (χ2n) is 5.21. The van der Waals surface area contributed by atoms with Crippen molar-refractivity contribution in [3.05, 3.63) is 34.9 Å². The molecule has 0 radical (unpaired) electrons. The van der Waals surface area contributed by atoms with Crippen LogP contribution in [0.5, 0.6) is 0 Å². The maximum Gasteiger partial charge on any atom is 0.224 e. The van der Waals surface area contributed by atoms with E-state index in [0.29, 0.717) is 17.5 Å². The molecule has 0 spiro atoms. The van der Waals surface area contributed by atoms with Crippen LogP contribution in [0.2, 0.25) is 5.02 Å². The van der Waals surface area contributed by atoms with Crippen LogP contribution in [0.3, 0.4) is 0 Å². The van der Waals surface area contributed by atoms with E-state index in [4.69, 9.17) is 11.6 Å². The molecule has 19 heavy (non-hydrogen) atoms. The predicted molar refractivity (Wildman–Crippen MR) is 78.3 cm³/mol. The lowest BCUT2D eigenvalue weighted by Gasteiger charge is -2.25. The summed E-state index contributed by atoms with van der Waals surface area (Å²) >= 11 is 5.99. The molecule has 3 nitrogen and oxygen atoms in total. The summed E-state index contributed by atoms with van der Waals surface area (Å²) in [6, 6.07) is 8.39. The third kappa shape index (κ3) is 4.22. The Morgan fingerprint density at radius 1 is 1.53 bits per heavy atom. The number of hydrogen-bond donors (Lipinski definition) is 1. The van der Waals surface area contributed by atoms with E-state index < -0.39 is 0 Å². The number of benzene rings is 1. The second-order valence-corrected chi connectivity index (χ2v) is 5.65. The monoisotopic (exact) mass is 280 g/mol. The molecular weight excluding hydrogens is 260 g/mol. The van der Waals surface area contributed by atoms with E-state index in [2.05, 4.69) is 5.32 Å². The first-order valence-corrected chi connectivity index (χ1v) is 7.20. The Morgan fingerprint density at radius 2 is 2.26 bits per heavy atom. The van der Waals surface area contributed by atoms with Crippen molar-refractivity contribution in [2.75, 3.05) is 13.6 Å². The van der Waals surface area contributed by atoms with Crippen LogP contribution in [0.4, 0.5) is 0 Å². The quantitative estimate of drug-likeness (QED) is 0.869.